The molecule has 2 atom stereocenters. The second-order valence-electron chi connectivity index (χ2n) is 11.9. The van der Waals surface area contributed by atoms with E-state index < -0.39 is 11.9 Å². The summed E-state index contributed by atoms with van der Waals surface area (Å²) >= 11 is 0. The highest BCUT2D eigenvalue weighted by atomic mass is 16.5. The Morgan fingerprint density at radius 1 is 1.02 bits per heavy atom. The van der Waals surface area contributed by atoms with Crippen LogP contribution in [0.4, 0.5) is 11.4 Å². The second-order valence-corrected chi connectivity index (χ2v) is 11.9. The predicted molar refractivity (Wildman–Crippen MR) is 174 cm³/mol. The molecule has 0 radical (unpaired) electrons. The summed E-state index contributed by atoms with van der Waals surface area (Å²) < 4.78 is 12.6. The minimum absolute atomic E-state index is 0.00160. The van der Waals surface area contributed by atoms with Gasteiger partial charge in [0.1, 0.15) is 18.2 Å². The summed E-state index contributed by atoms with van der Waals surface area (Å²) in [6.07, 6.45) is 1.83. The number of carbonyl (C=O) groups excluding carboxylic acids is 3. The van der Waals surface area contributed by atoms with Gasteiger partial charge in [0.05, 0.1) is 18.9 Å². The van der Waals surface area contributed by atoms with E-state index in [-0.39, 0.29) is 66.3 Å². The lowest BCUT2D eigenvalue weighted by Gasteiger charge is -2.37. The molecule has 1 aliphatic carbocycles. The van der Waals surface area contributed by atoms with E-state index in [9.17, 15) is 14.4 Å². The number of nitrogens with zero attached hydrogens (tertiary/aromatic N) is 6. The fourth-order valence-corrected chi connectivity index (χ4v) is 6.33. The first-order valence-electron chi connectivity index (χ1n) is 15.7. The van der Waals surface area contributed by atoms with Gasteiger partial charge in [-0.25, -0.2) is 24.3 Å². The number of hydrogen-bond acceptors (Lipinski definition) is 8. The van der Waals surface area contributed by atoms with E-state index in [1.165, 1.54) is 9.58 Å². The number of carbonyl (C=O) groups is 3. The van der Waals surface area contributed by atoms with Crippen LogP contribution in [0.25, 0.3) is 21.8 Å². The van der Waals surface area contributed by atoms with Gasteiger partial charge in [0, 0.05) is 17.7 Å². The lowest BCUT2D eigenvalue weighted by atomic mass is 9.75. The normalized spacial score (nSPS) is 21.4. The number of aliphatic imine (C=N–C) groups is 1. The zero-order chi connectivity index (χ0) is 33.0. The first kappa shape index (κ1) is 32.3. The molecule has 46 heavy (non-hydrogen) atoms. The zero-order valence-electron chi connectivity index (χ0n) is 26.8. The molecule has 2 heterocycles. The summed E-state index contributed by atoms with van der Waals surface area (Å²) in [4.78, 5) is 53.2. The molecule has 1 saturated carbocycles. The lowest BCUT2D eigenvalue weighted by molar-refractivity contribution is -0.150. The van der Waals surface area contributed by atoms with Crippen LogP contribution >= 0.6 is 0 Å². The third-order valence-electron chi connectivity index (χ3n) is 8.33. The fourth-order valence-electron chi connectivity index (χ4n) is 6.33. The molecule has 2 unspecified atom stereocenters. The zero-order valence-corrected chi connectivity index (χ0v) is 26.8. The van der Waals surface area contributed by atoms with Gasteiger partial charge in [-0.05, 0) is 61.8 Å². The molecule has 2 aliphatic rings. The first-order valence-corrected chi connectivity index (χ1v) is 15.7. The highest BCUT2D eigenvalue weighted by Gasteiger charge is 2.40. The smallest absolute Gasteiger partial charge is 0.331 e. The van der Waals surface area contributed by atoms with Crippen LogP contribution in [0.3, 0.4) is 0 Å². The molecule has 0 N–H and O–H groups in total. The number of allylic oxidation sites excluding steroid dienone is 1. The second kappa shape index (κ2) is 13.9. The van der Waals surface area contributed by atoms with Crippen LogP contribution in [-0.2, 0) is 23.9 Å². The number of amides is 1. The molecule has 0 bridgehead atoms. The molecule has 1 amide bonds. The molecule has 1 aromatic heterocycles. The van der Waals surface area contributed by atoms with Gasteiger partial charge >= 0.3 is 11.9 Å². The summed E-state index contributed by atoms with van der Waals surface area (Å²) in [7, 11) is 0. The summed E-state index contributed by atoms with van der Waals surface area (Å²) in [5.74, 6) is 0.256. The van der Waals surface area contributed by atoms with Gasteiger partial charge in [-0.3, -0.25) is 9.59 Å². The number of hydrogen-bond donors (Lipinski definition) is 0. The molecule has 2 aromatic carbocycles. The van der Waals surface area contributed by atoms with Crippen molar-refractivity contribution in [2.45, 2.75) is 60.0 Å². The van der Waals surface area contributed by atoms with E-state index in [2.05, 4.69) is 35.7 Å². The first-order chi connectivity index (χ1) is 22.1. The monoisotopic (exact) mass is 622 g/mol. The van der Waals surface area contributed by atoms with Crippen LogP contribution in [0, 0.1) is 24.3 Å². The third kappa shape index (κ3) is 6.61. The van der Waals surface area contributed by atoms with Crippen LogP contribution in [-0.4, -0.2) is 57.7 Å². The van der Waals surface area contributed by atoms with Crippen LogP contribution in [0.15, 0.2) is 65.3 Å². The number of anilines is 1. The van der Waals surface area contributed by atoms with Crippen molar-refractivity contribution in [1.29, 1.82) is 0 Å². The highest BCUT2D eigenvalue weighted by Crippen LogP contribution is 2.38. The number of aromatic nitrogens is 3. The lowest BCUT2D eigenvalue weighted by Crippen LogP contribution is -2.37. The van der Waals surface area contributed by atoms with Crippen molar-refractivity contribution in [2.75, 3.05) is 18.1 Å². The minimum atomic E-state index is -0.620. The van der Waals surface area contributed by atoms with Crippen molar-refractivity contribution < 1.29 is 23.9 Å². The largest absolute Gasteiger partial charge is 0.465 e. The molecule has 1 fully saturated rings. The Labute approximate surface area is 268 Å². The average Bonchev–Trinajstić information content (AvgIpc) is 3.59. The Balaban J connectivity index is 1.54. The summed E-state index contributed by atoms with van der Waals surface area (Å²) in [6.45, 7) is 17.9. The third-order valence-corrected chi connectivity index (χ3v) is 8.33. The molecule has 3 aromatic rings. The Kier molecular flexibility index (Phi) is 9.75. The number of ether oxygens (including phenoxy) is 2. The Morgan fingerprint density at radius 3 is 2.30 bits per heavy atom. The molecular weight excluding hydrogens is 584 g/mol. The molecular formula is C35H38N6O5. The SMILES string of the molecule is [C-]#[N+]C1=C(C(=O)OC2C(C)CC(C)CC2C)c2nc(-c3ccccc3)nn2C1=Nc1ccc(N(CC(=O)OCC)C(=O)CC)cc1. The predicted octanol–water partition coefficient (Wildman–Crippen LogP) is 6.09. The fraction of sp³-hybridized carbons (Fsp3) is 0.400. The number of benzene rings is 2. The molecule has 0 spiro atoms. The van der Waals surface area contributed by atoms with Crippen molar-refractivity contribution in [3.8, 4) is 11.4 Å². The van der Waals surface area contributed by atoms with Crippen LogP contribution in [0.5, 0.6) is 0 Å². The van der Waals surface area contributed by atoms with Crippen LogP contribution in [0.1, 0.15) is 59.7 Å². The highest BCUT2D eigenvalue weighted by molar-refractivity contribution is 6.29. The van der Waals surface area contributed by atoms with Gasteiger partial charge in [0.2, 0.25) is 11.6 Å². The number of rotatable bonds is 9. The van der Waals surface area contributed by atoms with Crippen molar-refractivity contribution in [1.82, 2.24) is 14.8 Å². The standard InChI is InChI=1S/C35H38N6O5/c1-7-27(42)40(20-28(43)45-8-2)26-16-14-25(15-17-26)37-34-30(36-6)29(35(44)46-31-22(4)18-21(3)19-23(31)5)33-38-32(39-41(33)34)24-12-10-9-11-13-24/h9-17,21-23,31H,7-8,18-20H2,1-5H3. The van der Waals surface area contributed by atoms with Crippen molar-refractivity contribution >= 4 is 40.6 Å². The molecule has 1 aliphatic heterocycles. The van der Waals surface area contributed by atoms with Crippen LogP contribution in [0.2, 0.25) is 0 Å². The molecule has 11 nitrogen and oxygen atoms in total. The topological polar surface area (TPSA) is 120 Å². The van der Waals surface area contributed by atoms with Gasteiger partial charge in [0.25, 0.3) is 0 Å². The van der Waals surface area contributed by atoms with E-state index in [0.717, 1.165) is 18.4 Å². The molecule has 238 valence electrons. The van der Waals surface area contributed by atoms with Gasteiger partial charge in [-0.15, -0.1) is 5.10 Å². The Hall–Kier alpha value is -5.11. The quantitative estimate of drug-likeness (QED) is 0.209. The van der Waals surface area contributed by atoms with E-state index in [0.29, 0.717) is 23.1 Å². The molecule has 11 heteroatoms. The van der Waals surface area contributed by atoms with E-state index >= 15 is 0 Å². The van der Waals surface area contributed by atoms with Gasteiger partial charge in [0.15, 0.2) is 17.5 Å². The number of esters is 2. The van der Waals surface area contributed by atoms with Gasteiger partial charge in [-0.1, -0.05) is 58.0 Å². The van der Waals surface area contributed by atoms with Gasteiger partial charge < -0.3 is 14.4 Å². The van der Waals surface area contributed by atoms with E-state index in [4.69, 9.17) is 21.0 Å². The average molecular weight is 623 g/mol. The Bertz CT molecular complexity index is 1710. The van der Waals surface area contributed by atoms with Crippen molar-refractivity contribution in [2.24, 2.45) is 22.7 Å². The maximum Gasteiger partial charge on any atom is 0.331 e. The Morgan fingerprint density at radius 2 is 1.70 bits per heavy atom. The summed E-state index contributed by atoms with van der Waals surface area (Å²) in [5.41, 5.74) is 1.72. The maximum absolute atomic E-state index is 13.9. The van der Waals surface area contributed by atoms with E-state index in [1.807, 2.05) is 30.3 Å². The minimum Gasteiger partial charge on any atom is -0.465 e. The van der Waals surface area contributed by atoms with Crippen LogP contribution < -0.4 is 4.90 Å². The summed E-state index contributed by atoms with van der Waals surface area (Å²) in [5, 5.41) is 4.66. The summed E-state index contributed by atoms with van der Waals surface area (Å²) in [6, 6.07) is 16.0. The van der Waals surface area contributed by atoms with Crippen molar-refractivity contribution in [3.05, 3.63) is 77.5 Å². The van der Waals surface area contributed by atoms with Crippen molar-refractivity contribution in [3.63, 3.8) is 0 Å². The maximum atomic E-state index is 13.9. The van der Waals surface area contributed by atoms with Gasteiger partial charge in [-0.2, -0.15) is 0 Å². The molecule has 0 saturated heterocycles. The molecule has 5 rings (SSSR count). The van der Waals surface area contributed by atoms with E-state index in [1.54, 1.807) is 38.1 Å². The number of fused-ring (bicyclic) bond motifs is 1.